The number of esters is 1. The summed E-state index contributed by atoms with van der Waals surface area (Å²) >= 11 is 5.85. The highest BCUT2D eigenvalue weighted by Crippen LogP contribution is 2.12. The summed E-state index contributed by atoms with van der Waals surface area (Å²) in [6, 6.07) is 14.4. The van der Waals surface area contributed by atoms with Gasteiger partial charge in [0.15, 0.2) is 0 Å². The van der Waals surface area contributed by atoms with E-state index in [2.05, 4.69) is 0 Å². The van der Waals surface area contributed by atoms with Gasteiger partial charge in [-0.15, -0.1) is 0 Å². The molecule has 0 bridgehead atoms. The lowest BCUT2D eigenvalue weighted by atomic mass is 10.1. The predicted molar refractivity (Wildman–Crippen MR) is 75.8 cm³/mol. The minimum Gasteiger partial charge on any atom is -0.461 e. The van der Waals surface area contributed by atoms with Crippen LogP contribution in [0.4, 0.5) is 5.69 Å². The molecule has 0 fully saturated rings. The molecule has 0 saturated heterocycles. The Balaban J connectivity index is 1.86. The fourth-order valence-corrected chi connectivity index (χ4v) is 1.86. The first-order chi connectivity index (χ1) is 9.13. The molecule has 2 aromatic carbocycles. The van der Waals surface area contributed by atoms with Crippen LogP contribution in [0.2, 0.25) is 5.02 Å². The molecule has 0 aliphatic heterocycles. The Hall–Kier alpha value is -2.00. The van der Waals surface area contributed by atoms with Crippen LogP contribution in [0.5, 0.6) is 0 Å². The summed E-state index contributed by atoms with van der Waals surface area (Å²) in [6.07, 6.45) is 0.237. The monoisotopic (exact) mass is 275 g/mol. The maximum Gasteiger partial charge on any atom is 0.310 e. The Labute approximate surface area is 117 Å². The van der Waals surface area contributed by atoms with Crippen molar-refractivity contribution in [2.75, 3.05) is 5.73 Å². The zero-order valence-electron chi connectivity index (χ0n) is 10.3. The molecule has 0 aliphatic rings. The third kappa shape index (κ3) is 4.30. The van der Waals surface area contributed by atoms with E-state index < -0.39 is 0 Å². The van der Waals surface area contributed by atoms with E-state index in [4.69, 9.17) is 22.1 Å². The lowest BCUT2D eigenvalue weighted by Crippen LogP contribution is -2.08. The first-order valence-corrected chi connectivity index (χ1v) is 6.26. The molecule has 19 heavy (non-hydrogen) atoms. The Morgan fingerprint density at radius 1 is 1.11 bits per heavy atom. The number of carbonyl (C=O) groups is 1. The minimum absolute atomic E-state index is 0.231. The average molecular weight is 276 g/mol. The molecular weight excluding hydrogens is 262 g/mol. The predicted octanol–water partition coefficient (Wildman–Crippen LogP) is 3.21. The minimum atomic E-state index is -0.273. The van der Waals surface area contributed by atoms with E-state index in [-0.39, 0.29) is 19.0 Å². The smallest absolute Gasteiger partial charge is 0.310 e. The van der Waals surface area contributed by atoms with E-state index in [0.29, 0.717) is 10.7 Å². The molecule has 4 heteroatoms. The second-order valence-electron chi connectivity index (χ2n) is 4.21. The molecule has 0 aromatic heterocycles. The summed E-state index contributed by atoms with van der Waals surface area (Å²) in [4.78, 5) is 11.7. The van der Waals surface area contributed by atoms with Crippen LogP contribution in [0.1, 0.15) is 11.1 Å². The Kier molecular flexibility index (Phi) is 4.42. The molecule has 2 rings (SSSR count). The van der Waals surface area contributed by atoms with Crippen molar-refractivity contribution in [1.82, 2.24) is 0 Å². The molecule has 0 amide bonds. The van der Waals surface area contributed by atoms with Crippen LogP contribution in [-0.4, -0.2) is 5.97 Å². The topological polar surface area (TPSA) is 52.3 Å². The van der Waals surface area contributed by atoms with Crippen molar-refractivity contribution in [1.29, 1.82) is 0 Å². The van der Waals surface area contributed by atoms with Crippen LogP contribution in [0, 0.1) is 0 Å². The number of ether oxygens (including phenoxy) is 1. The standard InChI is InChI=1S/C15H14ClNO2/c16-13-3-1-2-12(8-13)10-19-15(18)9-11-4-6-14(17)7-5-11/h1-8H,9-10,17H2. The van der Waals surface area contributed by atoms with Gasteiger partial charge in [0, 0.05) is 10.7 Å². The zero-order valence-corrected chi connectivity index (χ0v) is 11.1. The summed E-state index contributed by atoms with van der Waals surface area (Å²) in [5.74, 6) is -0.273. The van der Waals surface area contributed by atoms with E-state index in [0.717, 1.165) is 11.1 Å². The van der Waals surface area contributed by atoms with Gasteiger partial charge < -0.3 is 10.5 Å². The number of hydrogen-bond donors (Lipinski definition) is 1. The van der Waals surface area contributed by atoms with Gasteiger partial charge in [0.1, 0.15) is 6.61 Å². The highest BCUT2D eigenvalue weighted by atomic mass is 35.5. The normalized spacial score (nSPS) is 10.2. The molecule has 98 valence electrons. The number of nitrogens with two attached hydrogens (primary N) is 1. The molecule has 0 atom stereocenters. The van der Waals surface area contributed by atoms with E-state index in [1.54, 1.807) is 24.3 Å². The average Bonchev–Trinajstić information content (AvgIpc) is 2.39. The van der Waals surface area contributed by atoms with E-state index in [9.17, 15) is 4.79 Å². The summed E-state index contributed by atoms with van der Waals surface area (Å²) in [5.41, 5.74) is 8.01. The fourth-order valence-electron chi connectivity index (χ4n) is 1.64. The van der Waals surface area contributed by atoms with Crippen LogP contribution in [0.25, 0.3) is 0 Å². The van der Waals surface area contributed by atoms with Crippen molar-refractivity contribution in [3.05, 3.63) is 64.7 Å². The fraction of sp³-hybridized carbons (Fsp3) is 0.133. The highest BCUT2D eigenvalue weighted by molar-refractivity contribution is 6.30. The summed E-state index contributed by atoms with van der Waals surface area (Å²) in [5, 5.41) is 0.632. The molecule has 0 radical (unpaired) electrons. The molecule has 0 aliphatic carbocycles. The number of hydrogen-bond acceptors (Lipinski definition) is 3. The second-order valence-corrected chi connectivity index (χ2v) is 4.65. The van der Waals surface area contributed by atoms with Gasteiger partial charge in [-0.05, 0) is 35.4 Å². The molecule has 0 heterocycles. The summed E-state index contributed by atoms with van der Waals surface area (Å²) < 4.78 is 5.19. The maximum atomic E-state index is 11.7. The lowest BCUT2D eigenvalue weighted by Gasteiger charge is -2.05. The largest absolute Gasteiger partial charge is 0.461 e. The van der Waals surface area contributed by atoms with Gasteiger partial charge in [0.05, 0.1) is 6.42 Å². The molecule has 0 unspecified atom stereocenters. The number of carbonyl (C=O) groups excluding carboxylic acids is 1. The summed E-state index contributed by atoms with van der Waals surface area (Å²) in [7, 11) is 0. The molecule has 2 aromatic rings. The number of rotatable bonds is 4. The van der Waals surface area contributed by atoms with Gasteiger partial charge in [-0.3, -0.25) is 4.79 Å². The third-order valence-corrected chi connectivity index (χ3v) is 2.85. The van der Waals surface area contributed by atoms with Crippen molar-refractivity contribution in [3.63, 3.8) is 0 Å². The SMILES string of the molecule is Nc1ccc(CC(=O)OCc2cccc(Cl)c2)cc1. The van der Waals surface area contributed by atoms with Crippen LogP contribution >= 0.6 is 11.6 Å². The highest BCUT2D eigenvalue weighted by Gasteiger charge is 2.05. The van der Waals surface area contributed by atoms with Crippen LogP contribution in [-0.2, 0) is 22.6 Å². The molecular formula is C15H14ClNO2. The third-order valence-electron chi connectivity index (χ3n) is 2.62. The number of benzene rings is 2. The van der Waals surface area contributed by atoms with Gasteiger partial charge in [0.2, 0.25) is 0 Å². The van der Waals surface area contributed by atoms with Crippen molar-refractivity contribution in [2.45, 2.75) is 13.0 Å². The van der Waals surface area contributed by atoms with Crippen molar-refractivity contribution < 1.29 is 9.53 Å². The Morgan fingerprint density at radius 3 is 2.53 bits per heavy atom. The van der Waals surface area contributed by atoms with E-state index >= 15 is 0 Å². The number of nitrogen functional groups attached to an aromatic ring is 1. The number of halogens is 1. The first-order valence-electron chi connectivity index (χ1n) is 5.88. The molecule has 3 nitrogen and oxygen atoms in total. The quantitative estimate of drug-likeness (QED) is 0.689. The molecule has 0 spiro atoms. The lowest BCUT2D eigenvalue weighted by molar-refractivity contribution is -0.144. The van der Waals surface area contributed by atoms with Crippen molar-refractivity contribution in [2.24, 2.45) is 0 Å². The summed E-state index contributed by atoms with van der Waals surface area (Å²) in [6.45, 7) is 0.231. The van der Waals surface area contributed by atoms with Crippen LogP contribution in [0.3, 0.4) is 0 Å². The van der Waals surface area contributed by atoms with Crippen LogP contribution < -0.4 is 5.73 Å². The van der Waals surface area contributed by atoms with Gasteiger partial charge in [-0.25, -0.2) is 0 Å². The van der Waals surface area contributed by atoms with E-state index in [1.807, 2.05) is 24.3 Å². The molecule has 0 saturated carbocycles. The maximum absolute atomic E-state index is 11.7. The first kappa shape index (κ1) is 13.4. The Morgan fingerprint density at radius 2 is 1.84 bits per heavy atom. The number of anilines is 1. The second kappa shape index (κ2) is 6.25. The van der Waals surface area contributed by atoms with Crippen molar-refractivity contribution >= 4 is 23.3 Å². The van der Waals surface area contributed by atoms with Gasteiger partial charge in [-0.1, -0.05) is 35.9 Å². The zero-order chi connectivity index (χ0) is 13.7. The van der Waals surface area contributed by atoms with Gasteiger partial charge in [0.25, 0.3) is 0 Å². The van der Waals surface area contributed by atoms with E-state index in [1.165, 1.54) is 0 Å². The van der Waals surface area contributed by atoms with Gasteiger partial charge in [-0.2, -0.15) is 0 Å². The van der Waals surface area contributed by atoms with Crippen LogP contribution in [0.15, 0.2) is 48.5 Å². The van der Waals surface area contributed by atoms with Crippen molar-refractivity contribution in [3.8, 4) is 0 Å². The molecule has 2 N–H and O–H groups in total. The Bertz CT molecular complexity index is 567. The van der Waals surface area contributed by atoms with Gasteiger partial charge >= 0.3 is 5.97 Å².